The number of rotatable bonds is 9. The monoisotopic (exact) mass is 775 g/mol. The third kappa shape index (κ3) is 6.16. The molecule has 15 heteroatoms. The quantitative estimate of drug-likeness (QED) is 0.282. The van der Waals surface area contributed by atoms with Crippen molar-refractivity contribution in [3.63, 3.8) is 0 Å². The Labute approximate surface area is 321 Å². The van der Waals surface area contributed by atoms with Crippen molar-refractivity contribution in [2.24, 2.45) is 11.8 Å². The average molecular weight is 776 g/mol. The van der Waals surface area contributed by atoms with Crippen LogP contribution in [0.25, 0.3) is 0 Å². The van der Waals surface area contributed by atoms with Crippen LogP contribution in [0.1, 0.15) is 66.6 Å². The first-order chi connectivity index (χ1) is 26.2. The molecule has 2 bridgehead atoms. The first-order valence-corrected chi connectivity index (χ1v) is 18.4. The van der Waals surface area contributed by atoms with Crippen molar-refractivity contribution in [3.05, 3.63) is 86.0 Å². The second-order valence-electron chi connectivity index (χ2n) is 14.7. The summed E-state index contributed by atoms with van der Waals surface area (Å²) in [6, 6.07) is 9.88. The van der Waals surface area contributed by atoms with E-state index < -0.39 is 53.1 Å². The topological polar surface area (TPSA) is 183 Å². The lowest BCUT2D eigenvalue weighted by Gasteiger charge is -2.43. The van der Waals surface area contributed by atoms with E-state index in [-0.39, 0.29) is 74.6 Å². The Morgan fingerprint density at radius 1 is 1.00 bits per heavy atom. The van der Waals surface area contributed by atoms with Gasteiger partial charge < -0.3 is 43.9 Å². The van der Waals surface area contributed by atoms with Crippen LogP contribution in [0, 0.1) is 11.8 Å². The number of Topliss-reactive ketones (excluding diaryl/α,β-unsaturated/α-hetero) is 2. The molecule has 1 aromatic heterocycles. The number of piperidine rings is 1. The number of fused-ring (bicyclic) bond motifs is 5. The number of likely N-dealkylation sites (tertiary alicyclic amines) is 1. The van der Waals surface area contributed by atoms with Gasteiger partial charge in [0.2, 0.25) is 23.2 Å². The SMILES string of the molecule is COc1cc(C(CC(=O)N[C@@H](C)C(=O)N2C[C@H]3C[C@@H](C2)c2cccc(=O)n2C3)C2=C(O)[C@@]3(Oc4c(Cl)c(OC)cc(OC)c4C3=O)[C@H](C)CC2=O)ccc1O. The number of allylic oxidation sites excluding steroid dienone is 1. The summed E-state index contributed by atoms with van der Waals surface area (Å²) in [5.41, 5.74) is -1.27. The second-order valence-corrected chi connectivity index (χ2v) is 15.1. The van der Waals surface area contributed by atoms with Crippen LogP contribution >= 0.6 is 11.6 Å². The van der Waals surface area contributed by atoms with Crippen molar-refractivity contribution >= 4 is 35.0 Å². The molecule has 3 aromatic rings. The van der Waals surface area contributed by atoms with Crippen molar-refractivity contribution in [1.29, 1.82) is 0 Å². The standard InChI is InChI=1S/C40H42ClN3O11/c1-19-11-27(46)33(37(49)40(19)38(50)34-29(53-4)15-30(54-5)35(41)36(34)55-40)24(22-9-10-26(45)28(13-22)52-3)14-31(47)42-20(2)39(51)43-16-21-12-23(18-43)25-7-6-8-32(48)44(25)17-21/h6-10,13,15,19-21,23-24,45,49H,11-12,14,16-18H2,1-5H3,(H,42,47)/t19-,20+,21-,23+,24?,40+/m1/s1. The minimum absolute atomic E-state index is 0.0216. The highest BCUT2D eigenvalue weighted by atomic mass is 35.5. The van der Waals surface area contributed by atoms with Crippen LogP contribution < -0.4 is 29.8 Å². The summed E-state index contributed by atoms with van der Waals surface area (Å²) >= 11 is 6.62. The summed E-state index contributed by atoms with van der Waals surface area (Å²) < 4.78 is 24.3. The summed E-state index contributed by atoms with van der Waals surface area (Å²) in [6.07, 6.45) is 0.162. The van der Waals surface area contributed by atoms with Crippen LogP contribution in [-0.4, -0.2) is 89.1 Å². The number of carbonyl (C=O) groups is 4. The molecular weight excluding hydrogens is 734 g/mol. The third-order valence-electron chi connectivity index (χ3n) is 11.4. The normalized spacial score (nSPS) is 23.7. The summed E-state index contributed by atoms with van der Waals surface area (Å²) in [5, 5.41) is 25.4. The van der Waals surface area contributed by atoms with E-state index in [2.05, 4.69) is 5.32 Å². The van der Waals surface area contributed by atoms with Crippen LogP contribution in [-0.2, 0) is 20.9 Å². The van der Waals surface area contributed by atoms with Gasteiger partial charge in [-0.15, -0.1) is 0 Å². The molecule has 7 rings (SSSR count). The van der Waals surface area contributed by atoms with E-state index in [0.717, 1.165) is 12.1 Å². The minimum Gasteiger partial charge on any atom is -0.507 e. The van der Waals surface area contributed by atoms with Crippen LogP contribution in [0.3, 0.4) is 0 Å². The Morgan fingerprint density at radius 2 is 1.73 bits per heavy atom. The molecule has 4 aliphatic rings. The molecular formula is C40H42ClN3O11. The maximum absolute atomic E-state index is 14.4. The van der Waals surface area contributed by atoms with Gasteiger partial charge in [-0.25, -0.2) is 0 Å². The molecule has 1 unspecified atom stereocenters. The largest absolute Gasteiger partial charge is 0.507 e. The number of methoxy groups -OCH3 is 3. The van der Waals surface area contributed by atoms with Gasteiger partial charge in [0.25, 0.3) is 5.56 Å². The van der Waals surface area contributed by atoms with Gasteiger partial charge in [-0.1, -0.05) is 30.7 Å². The zero-order valence-corrected chi connectivity index (χ0v) is 31.8. The molecule has 1 spiro atoms. The number of nitrogens with zero attached hydrogens (tertiary/aromatic N) is 2. The van der Waals surface area contributed by atoms with Gasteiger partial charge in [0, 0.05) is 73.6 Å². The van der Waals surface area contributed by atoms with Crippen molar-refractivity contribution in [2.45, 2.75) is 63.1 Å². The fraction of sp³-hybridized carbons (Fsp3) is 0.425. The number of carbonyl (C=O) groups excluding carboxylic acids is 4. The molecule has 4 heterocycles. The first kappa shape index (κ1) is 37.8. The molecule has 0 saturated carbocycles. The molecule has 1 fully saturated rings. The molecule has 6 atom stereocenters. The molecule has 2 aromatic carbocycles. The number of benzene rings is 2. The van der Waals surface area contributed by atoms with E-state index in [1.54, 1.807) is 29.4 Å². The van der Waals surface area contributed by atoms with Gasteiger partial charge in [0.05, 0.1) is 21.3 Å². The van der Waals surface area contributed by atoms with Crippen molar-refractivity contribution < 1.29 is 48.3 Å². The number of nitrogens with one attached hydrogen (secondary N) is 1. The number of aliphatic hydroxyl groups is 1. The van der Waals surface area contributed by atoms with E-state index in [9.17, 15) is 34.2 Å². The van der Waals surface area contributed by atoms with Crippen LogP contribution in [0.2, 0.25) is 5.02 Å². The van der Waals surface area contributed by atoms with Crippen LogP contribution in [0.5, 0.6) is 28.7 Å². The lowest BCUT2D eigenvalue weighted by atomic mass is 9.69. The number of aromatic nitrogens is 1. The number of hydrogen-bond donors (Lipinski definition) is 3. The fourth-order valence-electron chi connectivity index (χ4n) is 8.73. The Hall–Kier alpha value is -5.50. The molecule has 1 aliphatic carbocycles. The second kappa shape index (κ2) is 14.3. The average Bonchev–Trinajstić information content (AvgIpc) is 3.48. The number of pyridine rings is 1. The maximum Gasteiger partial charge on any atom is 0.250 e. The molecule has 3 N–H and O–H groups in total. The number of phenols is 1. The number of ketones is 2. The molecule has 0 radical (unpaired) electrons. The van der Waals surface area contributed by atoms with Gasteiger partial charge >= 0.3 is 0 Å². The van der Waals surface area contributed by atoms with Crippen molar-refractivity contribution in [3.8, 4) is 28.7 Å². The molecule has 1 saturated heterocycles. The predicted molar refractivity (Wildman–Crippen MR) is 198 cm³/mol. The Kier molecular flexibility index (Phi) is 9.82. The zero-order valence-electron chi connectivity index (χ0n) is 31.0. The van der Waals surface area contributed by atoms with Crippen LogP contribution in [0.4, 0.5) is 0 Å². The van der Waals surface area contributed by atoms with E-state index >= 15 is 0 Å². The maximum atomic E-state index is 14.4. The van der Waals surface area contributed by atoms with E-state index in [4.69, 9.17) is 30.5 Å². The fourth-order valence-corrected chi connectivity index (χ4v) is 9.00. The number of hydrogen-bond acceptors (Lipinski definition) is 11. The van der Waals surface area contributed by atoms with Crippen molar-refractivity contribution in [1.82, 2.24) is 14.8 Å². The lowest BCUT2D eigenvalue weighted by molar-refractivity contribution is -0.138. The first-order valence-electron chi connectivity index (χ1n) is 18.0. The molecule has 2 amide bonds. The highest BCUT2D eigenvalue weighted by molar-refractivity contribution is 6.35. The number of phenolic OH excluding ortho intramolecular Hbond substituents is 1. The van der Waals surface area contributed by atoms with E-state index in [0.29, 0.717) is 25.2 Å². The smallest absolute Gasteiger partial charge is 0.250 e. The summed E-state index contributed by atoms with van der Waals surface area (Å²) in [4.78, 5) is 70.4. The Morgan fingerprint density at radius 3 is 2.44 bits per heavy atom. The van der Waals surface area contributed by atoms with Gasteiger partial charge in [-0.05, 0) is 43.0 Å². The van der Waals surface area contributed by atoms with E-state index in [1.807, 2.05) is 6.07 Å². The van der Waals surface area contributed by atoms with Crippen LogP contribution in [0.15, 0.2) is 58.6 Å². The number of aromatic hydroxyl groups is 1. The van der Waals surface area contributed by atoms with Gasteiger partial charge in [-0.3, -0.25) is 24.0 Å². The van der Waals surface area contributed by atoms with Gasteiger partial charge in [0.15, 0.2) is 28.8 Å². The third-order valence-corrected chi connectivity index (χ3v) is 11.8. The number of aliphatic hydroxyl groups excluding tert-OH is 1. The Balaban J connectivity index is 1.21. The van der Waals surface area contributed by atoms with E-state index in [1.165, 1.54) is 51.7 Å². The summed E-state index contributed by atoms with van der Waals surface area (Å²) in [6.45, 7) is 4.50. The van der Waals surface area contributed by atoms with Gasteiger partial charge in [-0.2, -0.15) is 0 Å². The molecule has 55 heavy (non-hydrogen) atoms. The Bertz CT molecular complexity index is 2220. The number of ether oxygens (including phenoxy) is 4. The predicted octanol–water partition coefficient (Wildman–Crippen LogP) is 4.29. The number of halogens is 1. The lowest BCUT2D eigenvalue weighted by Crippen LogP contribution is -2.54. The summed E-state index contributed by atoms with van der Waals surface area (Å²) in [5.74, 6) is -4.85. The van der Waals surface area contributed by atoms with Gasteiger partial charge in [0.1, 0.15) is 28.1 Å². The minimum atomic E-state index is -2.11. The van der Waals surface area contributed by atoms with Crippen molar-refractivity contribution in [2.75, 3.05) is 34.4 Å². The number of amides is 2. The zero-order chi connectivity index (χ0) is 39.5. The summed E-state index contributed by atoms with van der Waals surface area (Å²) in [7, 11) is 4.08. The molecule has 3 aliphatic heterocycles. The highest BCUT2D eigenvalue weighted by Crippen LogP contribution is 2.56. The molecule has 290 valence electrons. The highest BCUT2D eigenvalue weighted by Gasteiger charge is 2.61. The molecule has 14 nitrogen and oxygen atoms in total.